The van der Waals surface area contributed by atoms with Crippen molar-refractivity contribution in [1.29, 1.82) is 0 Å². The number of alkyl halides is 2. The van der Waals surface area contributed by atoms with Gasteiger partial charge in [0.1, 0.15) is 5.52 Å². The zero-order valence-electron chi connectivity index (χ0n) is 13.5. The molecule has 0 saturated heterocycles. The van der Waals surface area contributed by atoms with Crippen LogP contribution in [0.2, 0.25) is 0 Å². The highest BCUT2D eigenvalue weighted by Crippen LogP contribution is 2.33. The highest BCUT2D eigenvalue weighted by Gasteiger charge is 2.35. The summed E-state index contributed by atoms with van der Waals surface area (Å²) in [5.41, 5.74) is 1.73. The van der Waals surface area contributed by atoms with Gasteiger partial charge in [0.25, 0.3) is 5.91 Å². The molecule has 0 bridgehead atoms. The smallest absolute Gasteiger partial charge is 0.253 e. The van der Waals surface area contributed by atoms with Crippen LogP contribution in [0.3, 0.4) is 0 Å². The number of nitrogens with zero attached hydrogens (tertiary/aromatic N) is 4. The Bertz CT molecular complexity index is 907. The number of carbonyl (C=O) groups excluding carboxylic acids is 1. The Hall–Kier alpha value is -2.38. The number of hydrogen-bond donors (Lipinski definition) is 1. The normalized spacial score (nSPS) is 12.8. The molecule has 0 saturated carbocycles. The van der Waals surface area contributed by atoms with Gasteiger partial charge in [0.2, 0.25) is 5.88 Å². The fourth-order valence-electron chi connectivity index (χ4n) is 2.35. The first-order valence-corrected chi connectivity index (χ1v) is 8.14. The van der Waals surface area contributed by atoms with Gasteiger partial charge in [0.05, 0.1) is 12.6 Å². The number of pyridine rings is 1. The van der Waals surface area contributed by atoms with Crippen LogP contribution in [0.4, 0.5) is 0 Å². The Labute approximate surface area is 153 Å². The van der Waals surface area contributed by atoms with Crippen molar-refractivity contribution >= 4 is 40.1 Å². The number of benzene rings is 1. The lowest BCUT2D eigenvalue weighted by Gasteiger charge is -2.27. The van der Waals surface area contributed by atoms with Crippen LogP contribution in [-0.2, 0) is 0 Å². The predicted molar refractivity (Wildman–Crippen MR) is 94.9 cm³/mol. The Balaban J connectivity index is 1.96. The minimum absolute atomic E-state index is 0.329. The Morgan fingerprint density at radius 1 is 1.32 bits per heavy atom. The zero-order chi connectivity index (χ0) is 18.0. The van der Waals surface area contributed by atoms with Gasteiger partial charge in [0, 0.05) is 17.8 Å². The second-order valence-corrected chi connectivity index (χ2v) is 7.21. The van der Waals surface area contributed by atoms with Gasteiger partial charge in [-0.05, 0) is 25.1 Å². The van der Waals surface area contributed by atoms with Crippen molar-refractivity contribution in [3.05, 3.63) is 48.2 Å². The third-order valence-corrected chi connectivity index (χ3v) is 3.99. The van der Waals surface area contributed by atoms with E-state index in [0.29, 0.717) is 22.5 Å². The molecule has 0 spiro atoms. The lowest BCUT2D eigenvalue weighted by atomic mass is 10.2. The summed E-state index contributed by atoms with van der Waals surface area (Å²) in [4.78, 5) is 16.6. The van der Waals surface area contributed by atoms with Crippen LogP contribution in [0.1, 0.15) is 23.4 Å². The van der Waals surface area contributed by atoms with Crippen molar-refractivity contribution in [3.8, 4) is 5.88 Å². The fraction of sp³-hybridized carbons (Fsp3) is 0.250. The monoisotopic (exact) mass is 379 g/mol. The van der Waals surface area contributed by atoms with Crippen LogP contribution < -0.4 is 10.1 Å². The Morgan fingerprint density at radius 3 is 2.80 bits per heavy atom. The molecule has 2 aromatic heterocycles. The second-order valence-electron chi connectivity index (χ2n) is 5.44. The fourth-order valence-corrected chi connectivity index (χ4v) is 2.64. The molecule has 1 unspecified atom stereocenters. The molecular weight excluding hydrogens is 365 g/mol. The standard InChI is InChI=1S/C16H15Cl2N5O2/c1-16(17,18)15(23-12-6-4-3-5-11(12)21-22-23)20-14(24)10-7-8-19-13(9-10)25-2/h3-9,15H,1-2H3,(H,20,24). The Morgan fingerprint density at radius 2 is 2.08 bits per heavy atom. The lowest BCUT2D eigenvalue weighted by molar-refractivity contribution is 0.0911. The molecule has 0 aliphatic heterocycles. The van der Waals surface area contributed by atoms with E-state index in [9.17, 15) is 4.79 Å². The van der Waals surface area contributed by atoms with E-state index in [1.54, 1.807) is 13.0 Å². The van der Waals surface area contributed by atoms with Crippen LogP contribution >= 0.6 is 23.2 Å². The molecule has 1 aromatic carbocycles. The van der Waals surface area contributed by atoms with Crippen molar-refractivity contribution in [2.75, 3.05) is 7.11 Å². The van der Waals surface area contributed by atoms with E-state index in [2.05, 4.69) is 20.6 Å². The quantitative estimate of drug-likeness (QED) is 0.689. The molecule has 2 heterocycles. The van der Waals surface area contributed by atoms with E-state index in [0.717, 1.165) is 0 Å². The lowest BCUT2D eigenvalue weighted by Crippen LogP contribution is -2.42. The number of nitrogens with one attached hydrogen (secondary N) is 1. The number of hydrogen-bond acceptors (Lipinski definition) is 5. The van der Waals surface area contributed by atoms with Gasteiger partial charge < -0.3 is 10.1 Å². The summed E-state index contributed by atoms with van der Waals surface area (Å²) in [6, 6.07) is 10.4. The van der Waals surface area contributed by atoms with E-state index in [-0.39, 0.29) is 0 Å². The van der Waals surface area contributed by atoms with Crippen molar-refractivity contribution in [3.63, 3.8) is 0 Å². The van der Waals surface area contributed by atoms with Crippen molar-refractivity contribution < 1.29 is 9.53 Å². The summed E-state index contributed by atoms with van der Waals surface area (Å²) in [6.07, 6.45) is 0.642. The third kappa shape index (κ3) is 3.67. The van der Waals surface area contributed by atoms with E-state index < -0.39 is 16.4 Å². The minimum atomic E-state index is -1.33. The first-order valence-electron chi connectivity index (χ1n) is 7.39. The summed E-state index contributed by atoms with van der Waals surface area (Å²) in [5.74, 6) is -0.0623. The van der Waals surface area contributed by atoms with Gasteiger partial charge in [-0.25, -0.2) is 9.67 Å². The SMILES string of the molecule is COc1cc(C(=O)NC(n2nnc3ccccc32)C(C)(Cl)Cl)ccn1. The summed E-state index contributed by atoms with van der Waals surface area (Å²) in [7, 11) is 1.48. The molecule has 0 fully saturated rings. The van der Waals surface area contributed by atoms with Gasteiger partial charge in [-0.3, -0.25) is 4.79 Å². The number of fused-ring (bicyclic) bond motifs is 1. The van der Waals surface area contributed by atoms with Crippen molar-refractivity contribution in [2.45, 2.75) is 17.4 Å². The maximum Gasteiger partial charge on any atom is 0.253 e. The van der Waals surface area contributed by atoms with Gasteiger partial charge >= 0.3 is 0 Å². The maximum absolute atomic E-state index is 12.6. The molecule has 3 rings (SSSR count). The molecule has 9 heteroatoms. The Kier molecular flexibility index (Phi) is 4.78. The van der Waals surface area contributed by atoms with Crippen LogP contribution in [0, 0.1) is 0 Å². The number of rotatable bonds is 5. The number of aromatic nitrogens is 4. The summed E-state index contributed by atoms with van der Waals surface area (Å²) in [5, 5.41) is 11.0. The molecule has 25 heavy (non-hydrogen) atoms. The van der Waals surface area contributed by atoms with Gasteiger partial charge in [0.15, 0.2) is 10.5 Å². The highest BCUT2D eigenvalue weighted by atomic mass is 35.5. The van der Waals surface area contributed by atoms with Crippen molar-refractivity contribution in [2.24, 2.45) is 0 Å². The molecule has 1 amide bonds. The van der Waals surface area contributed by atoms with Crippen LogP contribution in [0.15, 0.2) is 42.6 Å². The molecule has 3 aromatic rings. The summed E-state index contributed by atoms with van der Waals surface area (Å²) < 4.78 is 5.20. The third-order valence-electron chi connectivity index (χ3n) is 3.58. The van der Waals surface area contributed by atoms with Crippen LogP contribution in [-0.4, -0.2) is 37.3 Å². The molecule has 1 N–H and O–H groups in total. The van der Waals surface area contributed by atoms with E-state index in [1.807, 2.05) is 24.3 Å². The molecule has 1 atom stereocenters. The van der Waals surface area contributed by atoms with E-state index >= 15 is 0 Å². The zero-order valence-corrected chi connectivity index (χ0v) is 15.0. The summed E-state index contributed by atoms with van der Waals surface area (Å²) in [6.45, 7) is 1.57. The number of carbonyl (C=O) groups is 1. The van der Waals surface area contributed by atoms with E-state index in [4.69, 9.17) is 27.9 Å². The maximum atomic E-state index is 12.6. The summed E-state index contributed by atoms with van der Waals surface area (Å²) >= 11 is 12.6. The first kappa shape index (κ1) is 17.4. The van der Waals surface area contributed by atoms with Gasteiger partial charge in [-0.2, -0.15) is 0 Å². The highest BCUT2D eigenvalue weighted by molar-refractivity contribution is 6.48. The number of ether oxygens (including phenoxy) is 1. The molecule has 0 aliphatic rings. The van der Waals surface area contributed by atoms with Crippen molar-refractivity contribution in [1.82, 2.24) is 25.3 Å². The number of methoxy groups -OCH3 is 1. The second kappa shape index (κ2) is 6.85. The minimum Gasteiger partial charge on any atom is -0.481 e. The largest absolute Gasteiger partial charge is 0.481 e. The van der Waals surface area contributed by atoms with Gasteiger partial charge in [-0.15, -0.1) is 5.10 Å². The predicted octanol–water partition coefficient (Wildman–Crippen LogP) is 2.96. The molecular formula is C16H15Cl2N5O2. The van der Waals surface area contributed by atoms with Gasteiger partial charge in [-0.1, -0.05) is 40.5 Å². The molecule has 130 valence electrons. The number of para-hydroxylation sites is 1. The number of amides is 1. The van der Waals surface area contributed by atoms with Crippen LogP contribution in [0.5, 0.6) is 5.88 Å². The topological polar surface area (TPSA) is 81.9 Å². The molecule has 0 radical (unpaired) electrons. The average molecular weight is 380 g/mol. The average Bonchev–Trinajstić information content (AvgIpc) is 3.02. The van der Waals surface area contributed by atoms with E-state index in [1.165, 1.54) is 24.1 Å². The van der Waals surface area contributed by atoms with Crippen LogP contribution in [0.25, 0.3) is 11.0 Å². The number of halogens is 2. The molecule has 7 nitrogen and oxygen atoms in total. The molecule has 0 aliphatic carbocycles. The first-order chi connectivity index (χ1) is 11.9.